The molecule has 5 rings (SSSR count). The van der Waals surface area contributed by atoms with Crippen LogP contribution in [0.3, 0.4) is 0 Å². The molecule has 0 radical (unpaired) electrons. The monoisotopic (exact) mass is 1000 g/mol. The van der Waals surface area contributed by atoms with Gasteiger partial charge < -0.3 is 26.0 Å². The average Bonchev–Trinajstić information content (AvgIpc) is 3.22. The van der Waals surface area contributed by atoms with Crippen LogP contribution >= 0.6 is 81.2 Å². The fourth-order valence-electron chi connectivity index (χ4n) is 5.35. The van der Waals surface area contributed by atoms with Crippen molar-refractivity contribution < 1.29 is 33.5 Å². The van der Waals surface area contributed by atoms with Crippen molar-refractivity contribution in [1.82, 2.24) is 0 Å². The van der Waals surface area contributed by atoms with Crippen molar-refractivity contribution in [2.24, 2.45) is 20.5 Å². The third-order valence-corrected chi connectivity index (χ3v) is 10.8. The Morgan fingerprint density at radius 1 is 0.531 bits per heavy atom. The van der Waals surface area contributed by atoms with E-state index in [4.69, 9.17) is 85.9 Å². The summed E-state index contributed by atoms with van der Waals surface area (Å²) in [5.41, 5.74) is -0.197. The first kappa shape index (κ1) is 49.4. The third-order valence-electron chi connectivity index (χ3n) is 8.43. The van der Waals surface area contributed by atoms with Gasteiger partial charge in [-0.25, -0.2) is 0 Å². The number of alkyl halides is 1. The molecule has 0 saturated carbocycles. The Bertz CT molecular complexity index is 2740. The maximum atomic E-state index is 13.5. The normalized spacial score (nSPS) is 12.6. The fraction of sp³-hybridized carbons (Fsp3) is 0.143. The minimum atomic E-state index is -1.70. The van der Waals surface area contributed by atoms with E-state index in [1.807, 2.05) is 0 Å². The minimum Gasteiger partial charge on any atom is -0.473 e. The lowest BCUT2D eigenvalue weighted by molar-refractivity contribution is -0.127. The highest BCUT2D eigenvalue weighted by Crippen LogP contribution is 2.34. The molecule has 0 spiro atoms. The smallest absolute Gasteiger partial charge is 0.258 e. The van der Waals surface area contributed by atoms with Crippen LogP contribution in [-0.4, -0.2) is 52.8 Å². The maximum Gasteiger partial charge on any atom is 0.258 e. The van der Waals surface area contributed by atoms with Crippen LogP contribution in [0.2, 0.25) is 30.1 Å². The molecule has 5 aromatic carbocycles. The molecule has 3 unspecified atom stereocenters. The van der Waals surface area contributed by atoms with E-state index >= 15 is 0 Å². The molecule has 3 atom stereocenters. The molecule has 4 N–H and O–H groups in total. The number of rotatable bonds is 16. The van der Waals surface area contributed by atoms with Crippen LogP contribution < -0.4 is 26.0 Å². The van der Waals surface area contributed by atoms with Gasteiger partial charge in [-0.1, -0.05) is 93.3 Å². The fourth-order valence-corrected chi connectivity index (χ4v) is 6.54. The van der Waals surface area contributed by atoms with Gasteiger partial charge in [-0.15, -0.1) is 0 Å². The van der Waals surface area contributed by atoms with Crippen LogP contribution in [0, 0.1) is 0 Å². The third kappa shape index (κ3) is 13.0. The molecule has 22 heteroatoms. The van der Waals surface area contributed by atoms with Crippen molar-refractivity contribution in [1.29, 1.82) is 0 Å². The number of amides is 4. The number of Topliss-reactive ketones (excluding diaryl/α,β-unsaturated/α-hetero) is 2. The van der Waals surface area contributed by atoms with Crippen LogP contribution in [0.5, 0.6) is 5.75 Å². The second-order valence-electron chi connectivity index (χ2n) is 13.3. The highest BCUT2D eigenvalue weighted by atomic mass is 35.5. The summed E-state index contributed by atoms with van der Waals surface area (Å²) >= 11 is 43.1. The molecule has 0 aliphatic rings. The first-order valence-electron chi connectivity index (χ1n) is 18.3. The molecule has 64 heavy (non-hydrogen) atoms. The van der Waals surface area contributed by atoms with Crippen LogP contribution in [0.4, 0.5) is 34.1 Å². The quantitative estimate of drug-likeness (QED) is 0.0426. The van der Waals surface area contributed by atoms with Gasteiger partial charge in [-0.05, 0) is 93.6 Å². The maximum absolute atomic E-state index is 13.5. The lowest BCUT2D eigenvalue weighted by atomic mass is 10.1. The molecule has 0 fully saturated rings. The predicted octanol–water partition coefficient (Wildman–Crippen LogP) is 12.4. The van der Waals surface area contributed by atoms with E-state index in [-0.39, 0.29) is 59.7 Å². The number of carbonyl (C=O) groups is 6. The number of anilines is 4. The summed E-state index contributed by atoms with van der Waals surface area (Å²) in [6.45, 7) is 3.72. The highest BCUT2D eigenvalue weighted by molar-refractivity contribution is 6.43. The Balaban J connectivity index is 1.30. The van der Waals surface area contributed by atoms with Crippen molar-refractivity contribution in [2.45, 2.75) is 38.4 Å². The Morgan fingerprint density at radius 3 is 1.38 bits per heavy atom. The molecule has 0 aliphatic heterocycles. The molecular weight excluding hydrogens is 977 g/mol. The van der Waals surface area contributed by atoms with Gasteiger partial charge in [0, 0.05) is 23.1 Å². The van der Waals surface area contributed by atoms with Crippen molar-refractivity contribution >= 4 is 151 Å². The molecule has 15 nitrogen and oxygen atoms in total. The summed E-state index contributed by atoms with van der Waals surface area (Å²) in [5, 5.41) is 27.0. The second kappa shape index (κ2) is 22.3. The van der Waals surface area contributed by atoms with Crippen molar-refractivity contribution in [3.05, 3.63) is 132 Å². The van der Waals surface area contributed by atoms with Crippen LogP contribution in [0.1, 0.15) is 41.5 Å². The zero-order valence-electron chi connectivity index (χ0n) is 33.2. The molecule has 5 aromatic rings. The first-order valence-corrected chi connectivity index (χ1v) is 21.0. The van der Waals surface area contributed by atoms with E-state index in [9.17, 15) is 28.8 Å². The summed E-state index contributed by atoms with van der Waals surface area (Å²) in [6.07, 6.45) is 0. The van der Waals surface area contributed by atoms with Crippen molar-refractivity contribution in [2.75, 3.05) is 21.3 Å². The first-order chi connectivity index (χ1) is 30.3. The Kier molecular flexibility index (Phi) is 17.2. The number of benzene rings is 5. The number of ether oxygens (including phenoxy) is 1. The summed E-state index contributed by atoms with van der Waals surface area (Å²) in [7, 11) is 0. The molecule has 0 aromatic heterocycles. The van der Waals surface area contributed by atoms with Crippen LogP contribution in [0.15, 0.2) is 111 Å². The number of carbonyl (C=O) groups excluding carboxylic acids is 6. The zero-order valence-corrected chi connectivity index (χ0v) is 38.5. The Labute approximate surface area is 399 Å². The SMILES string of the molecule is CC(=O)C(N=Nc1cccc(C(=O)Nc2ccc(Cl)c(Cl)c2)c1Cl)C(=O)Nc1ccc(NC(=O)C(N=Nc2cccc(C(=O)Nc3ccc(Cl)c(Cl)c3)c2Cl)C(C)=O)c(OC(C)Cl)c1. The van der Waals surface area contributed by atoms with Crippen LogP contribution in [-0.2, 0) is 19.2 Å². The standard InChI is InChI=1S/C42H31Cl7N8O7/c1-19(58)37(56-54-32-8-4-6-25(35(32)48)39(60)50-22-10-13-27(44)29(46)16-22)41(62)52-24-12-15-31(34(18-24)64-21(3)43)53-42(63)38(20(2)59)57-55-33-9-5-7-26(36(33)49)40(61)51-23-11-14-28(45)30(47)17-23/h4-18,21,37-38H,1-3H3,(H,50,60)(H,51,61)(H,52,62)(H,53,63). The van der Waals surface area contributed by atoms with E-state index in [1.165, 1.54) is 85.8 Å². The molecule has 330 valence electrons. The van der Waals surface area contributed by atoms with Gasteiger partial charge >= 0.3 is 0 Å². The van der Waals surface area contributed by atoms with E-state index in [2.05, 4.69) is 41.7 Å². The summed E-state index contributed by atoms with van der Waals surface area (Å²) in [5.74, 6) is -4.51. The van der Waals surface area contributed by atoms with Crippen molar-refractivity contribution in [3.8, 4) is 5.75 Å². The summed E-state index contributed by atoms with van der Waals surface area (Å²) in [4.78, 5) is 78.2. The van der Waals surface area contributed by atoms with Crippen molar-refractivity contribution in [3.63, 3.8) is 0 Å². The second-order valence-corrected chi connectivity index (χ2v) is 16.3. The Morgan fingerprint density at radius 2 is 0.953 bits per heavy atom. The molecule has 0 heterocycles. The van der Waals surface area contributed by atoms with E-state index < -0.39 is 52.8 Å². The van der Waals surface area contributed by atoms with Gasteiger partial charge in [0.15, 0.2) is 17.1 Å². The summed E-state index contributed by atoms with van der Waals surface area (Å²) in [6, 6.07) is 18.3. The number of azo groups is 2. The number of nitrogens with zero attached hydrogens (tertiary/aromatic N) is 4. The van der Waals surface area contributed by atoms with Gasteiger partial charge in [-0.3, -0.25) is 28.8 Å². The number of hydrogen-bond acceptors (Lipinski definition) is 11. The Hall–Kier alpha value is -5.65. The molecule has 0 bridgehead atoms. The molecule has 4 amide bonds. The number of nitrogens with one attached hydrogen (secondary N) is 4. The lowest BCUT2D eigenvalue weighted by Crippen LogP contribution is -2.32. The number of hydrogen-bond donors (Lipinski definition) is 4. The number of ketones is 2. The number of halogens is 7. The molecule has 0 aliphatic carbocycles. The van der Waals surface area contributed by atoms with Gasteiger partial charge in [0.05, 0.1) is 47.0 Å². The van der Waals surface area contributed by atoms with Gasteiger partial charge in [0.1, 0.15) is 17.1 Å². The van der Waals surface area contributed by atoms with Gasteiger partial charge in [0.25, 0.3) is 23.6 Å². The lowest BCUT2D eigenvalue weighted by Gasteiger charge is -2.17. The van der Waals surface area contributed by atoms with E-state index in [0.717, 1.165) is 13.8 Å². The van der Waals surface area contributed by atoms with Gasteiger partial charge in [0.2, 0.25) is 12.1 Å². The molecular formula is C42H31Cl7N8O7. The minimum absolute atomic E-state index is 0.00764. The van der Waals surface area contributed by atoms with Crippen LogP contribution in [0.25, 0.3) is 0 Å². The highest BCUT2D eigenvalue weighted by Gasteiger charge is 2.27. The summed E-state index contributed by atoms with van der Waals surface area (Å²) < 4.78 is 5.67. The average molecular weight is 1010 g/mol. The largest absolute Gasteiger partial charge is 0.473 e. The van der Waals surface area contributed by atoms with E-state index in [0.29, 0.717) is 21.4 Å². The predicted molar refractivity (Wildman–Crippen MR) is 249 cm³/mol. The topological polar surface area (TPSA) is 209 Å². The molecule has 0 saturated heterocycles. The van der Waals surface area contributed by atoms with E-state index in [1.54, 1.807) is 12.1 Å². The zero-order chi connectivity index (χ0) is 46.8. The van der Waals surface area contributed by atoms with Gasteiger partial charge in [-0.2, -0.15) is 20.5 Å².